The van der Waals surface area contributed by atoms with Crippen LogP contribution in [-0.2, 0) is 11.2 Å². The Labute approximate surface area is 183 Å². The van der Waals surface area contributed by atoms with Crippen LogP contribution in [0.5, 0.6) is 0 Å². The molecular formula is C25H30FN3O2. The summed E-state index contributed by atoms with van der Waals surface area (Å²) in [5.41, 5.74) is 2.75. The van der Waals surface area contributed by atoms with Crippen LogP contribution >= 0.6 is 0 Å². The zero-order chi connectivity index (χ0) is 21.6. The molecule has 0 atom stereocenters. The predicted octanol–water partition coefficient (Wildman–Crippen LogP) is 3.54. The number of benzene rings is 2. The third-order valence-electron chi connectivity index (χ3n) is 6.55. The summed E-state index contributed by atoms with van der Waals surface area (Å²) in [6, 6.07) is 14.5. The van der Waals surface area contributed by atoms with Crippen LogP contribution in [0.15, 0.2) is 48.5 Å². The van der Waals surface area contributed by atoms with Crippen molar-refractivity contribution in [3.63, 3.8) is 0 Å². The lowest BCUT2D eigenvalue weighted by molar-refractivity contribution is -0.126. The number of amides is 2. The van der Waals surface area contributed by atoms with E-state index in [1.165, 1.54) is 23.4 Å². The van der Waals surface area contributed by atoms with Gasteiger partial charge >= 0.3 is 0 Å². The van der Waals surface area contributed by atoms with Crippen LogP contribution in [0.4, 0.5) is 10.1 Å². The third-order valence-corrected chi connectivity index (χ3v) is 6.55. The van der Waals surface area contributed by atoms with Crippen LogP contribution < -0.4 is 15.5 Å². The van der Waals surface area contributed by atoms with Gasteiger partial charge in [0.1, 0.15) is 5.82 Å². The second-order valence-electron chi connectivity index (χ2n) is 8.56. The molecule has 31 heavy (non-hydrogen) atoms. The summed E-state index contributed by atoms with van der Waals surface area (Å²) in [4.78, 5) is 27.1. The molecule has 1 aliphatic heterocycles. The molecule has 1 aliphatic carbocycles. The first kappa shape index (κ1) is 21.3. The maximum absolute atomic E-state index is 13.7. The van der Waals surface area contributed by atoms with Gasteiger partial charge in [-0.25, -0.2) is 4.39 Å². The van der Waals surface area contributed by atoms with Crippen molar-refractivity contribution in [3.05, 3.63) is 65.5 Å². The number of para-hydroxylation sites is 1. The average molecular weight is 424 g/mol. The Hall–Kier alpha value is -2.89. The van der Waals surface area contributed by atoms with Crippen molar-refractivity contribution < 1.29 is 14.0 Å². The lowest BCUT2D eigenvalue weighted by Crippen LogP contribution is -2.39. The predicted molar refractivity (Wildman–Crippen MR) is 120 cm³/mol. The number of fused-ring (bicyclic) bond motifs is 1. The number of rotatable bonds is 7. The Balaban J connectivity index is 1.15. The fourth-order valence-electron chi connectivity index (χ4n) is 4.70. The molecule has 164 valence electrons. The van der Waals surface area contributed by atoms with E-state index in [9.17, 15) is 14.0 Å². The molecule has 2 aliphatic rings. The Kier molecular flexibility index (Phi) is 6.85. The van der Waals surface area contributed by atoms with E-state index in [1.807, 2.05) is 0 Å². The number of halogens is 1. The van der Waals surface area contributed by atoms with E-state index in [2.05, 4.69) is 39.8 Å². The Morgan fingerprint density at radius 2 is 1.71 bits per heavy atom. The third kappa shape index (κ3) is 5.24. The first-order chi connectivity index (χ1) is 15.1. The summed E-state index contributed by atoms with van der Waals surface area (Å²) >= 11 is 0. The van der Waals surface area contributed by atoms with Crippen LogP contribution in [0.25, 0.3) is 0 Å². The number of hydrogen-bond donors (Lipinski definition) is 2. The lowest BCUT2D eigenvalue weighted by atomic mass is 9.81. The molecule has 2 amide bonds. The number of carbonyl (C=O) groups excluding carboxylic acids is 2. The number of carbonyl (C=O) groups is 2. The molecule has 0 aromatic heterocycles. The van der Waals surface area contributed by atoms with Crippen LogP contribution in [0.2, 0.25) is 0 Å². The second-order valence-corrected chi connectivity index (χ2v) is 8.56. The molecule has 0 spiro atoms. The highest BCUT2D eigenvalue weighted by molar-refractivity contribution is 5.94. The average Bonchev–Trinajstić information content (AvgIpc) is 3.21. The van der Waals surface area contributed by atoms with Crippen LogP contribution in [0, 0.1) is 17.7 Å². The molecular weight excluding hydrogens is 393 g/mol. The molecule has 4 rings (SSSR count). The Morgan fingerprint density at radius 3 is 2.52 bits per heavy atom. The van der Waals surface area contributed by atoms with Gasteiger partial charge in [-0.05, 0) is 61.8 Å². The summed E-state index contributed by atoms with van der Waals surface area (Å²) in [6.45, 7) is 3.03. The first-order valence-corrected chi connectivity index (χ1v) is 11.2. The van der Waals surface area contributed by atoms with Gasteiger partial charge in [0, 0.05) is 37.8 Å². The van der Waals surface area contributed by atoms with Crippen molar-refractivity contribution in [3.8, 4) is 0 Å². The molecule has 5 nitrogen and oxygen atoms in total. The van der Waals surface area contributed by atoms with Crippen molar-refractivity contribution in [1.29, 1.82) is 0 Å². The van der Waals surface area contributed by atoms with Crippen LogP contribution in [-0.4, -0.2) is 38.0 Å². The standard InChI is InChI=1S/C25H30FN3O2/c26-22-7-3-2-6-21(22)25(31)28-17-18-9-11-20(12-10-18)24(30)27-14-16-29-15-13-19-5-1-4-8-23(19)29/h1-8,18,20H,9-17H2,(H,27,30)(H,28,31). The Bertz CT molecular complexity index is 924. The number of hydrogen-bond acceptors (Lipinski definition) is 3. The summed E-state index contributed by atoms with van der Waals surface area (Å²) in [5.74, 6) is -0.356. The van der Waals surface area contributed by atoms with Gasteiger partial charge in [0.2, 0.25) is 5.91 Å². The monoisotopic (exact) mass is 423 g/mol. The van der Waals surface area contributed by atoms with E-state index in [1.54, 1.807) is 12.1 Å². The number of nitrogens with zero attached hydrogens (tertiary/aromatic N) is 1. The number of anilines is 1. The van der Waals surface area contributed by atoms with Crippen molar-refractivity contribution in [2.45, 2.75) is 32.1 Å². The van der Waals surface area contributed by atoms with Gasteiger partial charge in [0.15, 0.2) is 0 Å². The van der Waals surface area contributed by atoms with E-state index in [4.69, 9.17) is 0 Å². The molecule has 2 N–H and O–H groups in total. The highest BCUT2D eigenvalue weighted by Crippen LogP contribution is 2.29. The van der Waals surface area contributed by atoms with Gasteiger partial charge in [-0.15, -0.1) is 0 Å². The van der Waals surface area contributed by atoms with E-state index >= 15 is 0 Å². The molecule has 0 unspecified atom stereocenters. The van der Waals surface area contributed by atoms with Crippen LogP contribution in [0.3, 0.4) is 0 Å². The van der Waals surface area contributed by atoms with Gasteiger partial charge in [-0.3, -0.25) is 9.59 Å². The summed E-state index contributed by atoms with van der Waals surface area (Å²) in [5, 5.41) is 5.95. The summed E-state index contributed by atoms with van der Waals surface area (Å²) < 4.78 is 13.7. The smallest absolute Gasteiger partial charge is 0.254 e. The molecule has 0 radical (unpaired) electrons. The minimum Gasteiger partial charge on any atom is -0.369 e. The van der Waals surface area contributed by atoms with E-state index in [-0.39, 0.29) is 23.3 Å². The van der Waals surface area contributed by atoms with Gasteiger partial charge < -0.3 is 15.5 Å². The lowest BCUT2D eigenvalue weighted by Gasteiger charge is -2.28. The largest absolute Gasteiger partial charge is 0.369 e. The normalized spacial score (nSPS) is 20.2. The van der Waals surface area contributed by atoms with E-state index in [0.29, 0.717) is 19.0 Å². The summed E-state index contributed by atoms with van der Waals surface area (Å²) in [7, 11) is 0. The molecule has 2 aromatic rings. The second kappa shape index (κ2) is 9.94. The van der Waals surface area contributed by atoms with Gasteiger partial charge in [-0.1, -0.05) is 30.3 Å². The van der Waals surface area contributed by atoms with Crippen molar-refractivity contribution in [2.24, 2.45) is 11.8 Å². The highest BCUT2D eigenvalue weighted by Gasteiger charge is 2.27. The minimum absolute atomic E-state index is 0.0457. The molecule has 1 saturated carbocycles. The quantitative estimate of drug-likeness (QED) is 0.716. The van der Waals surface area contributed by atoms with Crippen molar-refractivity contribution >= 4 is 17.5 Å². The van der Waals surface area contributed by atoms with Gasteiger partial charge in [0.05, 0.1) is 5.56 Å². The molecule has 6 heteroatoms. The van der Waals surface area contributed by atoms with Crippen molar-refractivity contribution in [2.75, 3.05) is 31.1 Å². The van der Waals surface area contributed by atoms with Gasteiger partial charge in [-0.2, -0.15) is 0 Å². The van der Waals surface area contributed by atoms with E-state index in [0.717, 1.165) is 45.2 Å². The van der Waals surface area contributed by atoms with Crippen LogP contribution in [0.1, 0.15) is 41.6 Å². The minimum atomic E-state index is -0.502. The Morgan fingerprint density at radius 1 is 0.968 bits per heavy atom. The maximum Gasteiger partial charge on any atom is 0.254 e. The zero-order valence-corrected chi connectivity index (χ0v) is 17.8. The summed E-state index contributed by atoms with van der Waals surface area (Å²) in [6.07, 6.45) is 4.53. The molecule has 1 heterocycles. The van der Waals surface area contributed by atoms with E-state index < -0.39 is 5.82 Å². The maximum atomic E-state index is 13.7. The molecule has 2 aromatic carbocycles. The van der Waals surface area contributed by atoms with Crippen molar-refractivity contribution in [1.82, 2.24) is 10.6 Å². The number of nitrogens with one attached hydrogen (secondary N) is 2. The topological polar surface area (TPSA) is 61.4 Å². The van der Waals surface area contributed by atoms with Gasteiger partial charge in [0.25, 0.3) is 5.91 Å². The zero-order valence-electron chi connectivity index (χ0n) is 17.8. The SMILES string of the molecule is O=C(NCC1CCC(C(=O)NCCN2CCc3ccccc32)CC1)c1ccccc1F. The molecule has 0 saturated heterocycles. The highest BCUT2D eigenvalue weighted by atomic mass is 19.1. The first-order valence-electron chi connectivity index (χ1n) is 11.2. The molecule has 0 bridgehead atoms. The fourth-order valence-corrected chi connectivity index (χ4v) is 4.70. The fraction of sp³-hybridized carbons (Fsp3) is 0.440. The molecule has 1 fully saturated rings.